The molecule has 1 unspecified atom stereocenters. The second-order valence-corrected chi connectivity index (χ2v) is 7.22. The Morgan fingerprint density at radius 2 is 1.73 bits per heavy atom. The quantitative estimate of drug-likeness (QED) is 0.803. The fourth-order valence-corrected chi connectivity index (χ4v) is 2.13. The van der Waals surface area contributed by atoms with Crippen LogP contribution in [0.1, 0.15) is 18.4 Å². The highest BCUT2D eigenvalue weighted by molar-refractivity contribution is 7.70. The van der Waals surface area contributed by atoms with Crippen molar-refractivity contribution in [3.63, 3.8) is 0 Å². The first kappa shape index (κ1) is 12.0. The molecule has 1 atom stereocenters. The highest BCUT2D eigenvalue weighted by Gasteiger charge is 2.15. The Morgan fingerprint density at radius 1 is 1.27 bits per heavy atom. The Balaban J connectivity index is 3.00. The number of rotatable bonds is 3. The number of benzene rings is 1. The topological polar surface area (TPSA) is 54.4 Å². The highest BCUT2D eigenvalue weighted by Crippen LogP contribution is 2.34. The molecule has 0 aliphatic carbocycles. The molecule has 0 aliphatic rings. The van der Waals surface area contributed by atoms with Gasteiger partial charge in [0.25, 0.3) is 0 Å². The second kappa shape index (κ2) is 4.19. The minimum absolute atomic E-state index is 0.521. The van der Waals surface area contributed by atoms with Crippen LogP contribution in [0, 0.1) is 0 Å². The fourth-order valence-electron chi connectivity index (χ4n) is 1.26. The van der Waals surface area contributed by atoms with Gasteiger partial charge < -0.3 is 9.67 Å². The van der Waals surface area contributed by atoms with Crippen molar-refractivity contribution in [2.75, 3.05) is 13.3 Å². The van der Waals surface area contributed by atoms with Crippen molar-refractivity contribution < 1.29 is 14.5 Å². The van der Waals surface area contributed by atoms with E-state index < -0.39 is 19.0 Å². The van der Waals surface area contributed by atoms with Crippen molar-refractivity contribution in [2.45, 2.75) is 12.8 Å². The number of hydrogen-bond donors (Lipinski definition) is 1. The summed E-state index contributed by atoms with van der Waals surface area (Å²) in [6.45, 7) is 5.03. The van der Waals surface area contributed by atoms with Crippen LogP contribution in [0.4, 0.5) is 0 Å². The molecule has 15 heavy (non-hydrogen) atoms. The van der Waals surface area contributed by atoms with Gasteiger partial charge in [0, 0.05) is 5.30 Å². The molecule has 0 saturated carbocycles. The zero-order valence-electron chi connectivity index (χ0n) is 9.10. The Kier molecular flexibility index (Phi) is 3.35. The van der Waals surface area contributed by atoms with Crippen molar-refractivity contribution in [1.29, 1.82) is 0 Å². The first-order valence-electron chi connectivity index (χ1n) is 4.70. The summed E-state index contributed by atoms with van der Waals surface area (Å²) in [6.07, 6.45) is 0. The minimum atomic E-state index is -2.24. The lowest BCUT2D eigenvalue weighted by Crippen LogP contribution is -2.09. The number of carboxylic acid groups (broad SMARTS) is 1. The van der Waals surface area contributed by atoms with E-state index in [1.165, 1.54) is 0 Å². The molecule has 82 valence electrons. The molecular weight excluding hydrogens is 211 g/mol. The van der Waals surface area contributed by atoms with E-state index in [2.05, 4.69) is 0 Å². The normalized spacial score (nSPS) is 13.5. The maximum absolute atomic E-state index is 11.7. The summed E-state index contributed by atoms with van der Waals surface area (Å²) in [5.74, 6) is -1.37. The van der Waals surface area contributed by atoms with E-state index in [1.54, 1.807) is 44.5 Å². The average Bonchev–Trinajstić information content (AvgIpc) is 2.15. The van der Waals surface area contributed by atoms with Gasteiger partial charge in [0.05, 0.1) is 5.92 Å². The predicted octanol–water partition coefficient (Wildman–Crippen LogP) is 2.12. The van der Waals surface area contributed by atoms with Gasteiger partial charge >= 0.3 is 5.97 Å². The lowest BCUT2D eigenvalue weighted by molar-refractivity contribution is -0.138. The summed E-state index contributed by atoms with van der Waals surface area (Å²) < 4.78 is 11.7. The van der Waals surface area contributed by atoms with E-state index in [0.717, 1.165) is 10.9 Å². The van der Waals surface area contributed by atoms with Gasteiger partial charge in [-0.25, -0.2) is 0 Å². The molecule has 0 bridgehead atoms. The zero-order valence-corrected chi connectivity index (χ0v) is 9.99. The molecule has 0 saturated heterocycles. The number of carbonyl (C=O) groups is 1. The minimum Gasteiger partial charge on any atom is -0.481 e. The Hall–Kier alpha value is -1.08. The SMILES string of the molecule is CC(C(=O)O)c1ccc(P(C)(C)=O)cc1. The van der Waals surface area contributed by atoms with E-state index in [-0.39, 0.29) is 0 Å². The van der Waals surface area contributed by atoms with Crippen LogP contribution in [-0.4, -0.2) is 24.4 Å². The zero-order chi connectivity index (χ0) is 11.6. The molecular formula is C11H15O3P. The number of aliphatic carboxylic acids is 1. The molecule has 0 radical (unpaired) electrons. The average molecular weight is 226 g/mol. The van der Waals surface area contributed by atoms with Crippen molar-refractivity contribution in [3.8, 4) is 0 Å². The Morgan fingerprint density at radius 3 is 2.07 bits per heavy atom. The molecule has 0 spiro atoms. The predicted molar refractivity (Wildman–Crippen MR) is 61.6 cm³/mol. The molecule has 0 aromatic heterocycles. The van der Waals surface area contributed by atoms with Crippen molar-refractivity contribution in [3.05, 3.63) is 29.8 Å². The smallest absolute Gasteiger partial charge is 0.310 e. The van der Waals surface area contributed by atoms with E-state index in [1.807, 2.05) is 0 Å². The van der Waals surface area contributed by atoms with Gasteiger partial charge in [0.1, 0.15) is 7.14 Å². The molecule has 0 aliphatic heterocycles. The first-order chi connectivity index (χ1) is 6.82. The lowest BCUT2D eigenvalue weighted by atomic mass is 10.0. The molecule has 1 rings (SSSR count). The molecule has 1 aromatic carbocycles. The molecule has 4 heteroatoms. The third-order valence-electron chi connectivity index (χ3n) is 2.39. The van der Waals surface area contributed by atoms with E-state index >= 15 is 0 Å². The molecule has 1 N–H and O–H groups in total. The van der Waals surface area contributed by atoms with Crippen LogP contribution < -0.4 is 5.30 Å². The van der Waals surface area contributed by atoms with Crippen molar-refractivity contribution in [1.82, 2.24) is 0 Å². The monoisotopic (exact) mass is 226 g/mol. The summed E-state index contributed by atoms with van der Waals surface area (Å²) in [5, 5.41) is 9.59. The third-order valence-corrected chi connectivity index (χ3v) is 3.93. The van der Waals surface area contributed by atoms with Crippen molar-refractivity contribution in [2.24, 2.45) is 0 Å². The summed E-state index contributed by atoms with van der Waals surface area (Å²) >= 11 is 0. The fraction of sp³-hybridized carbons (Fsp3) is 0.364. The summed E-state index contributed by atoms with van der Waals surface area (Å²) in [5.41, 5.74) is 0.736. The molecule has 0 amide bonds. The van der Waals surface area contributed by atoms with Gasteiger partial charge in [0.15, 0.2) is 0 Å². The van der Waals surface area contributed by atoms with Crippen LogP contribution in [-0.2, 0) is 9.36 Å². The Bertz CT molecular complexity index is 402. The third kappa shape index (κ3) is 2.93. The Labute approximate surface area is 89.5 Å². The number of hydrogen-bond acceptors (Lipinski definition) is 2. The summed E-state index contributed by atoms with van der Waals surface area (Å²) in [7, 11) is -2.24. The lowest BCUT2D eigenvalue weighted by Gasteiger charge is -2.10. The van der Waals surface area contributed by atoms with Crippen LogP contribution in [0.15, 0.2) is 24.3 Å². The van der Waals surface area contributed by atoms with Crippen LogP contribution >= 0.6 is 7.14 Å². The highest BCUT2D eigenvalue weighted by atomic mass is 31.2. The van der Waals surface area contributed by atoms with E-state index in [4.69, 9.17) is 5.11 Å². The largest absolute Gasteiger partial charge is 0.481 e. The van der Waals surface area contributed by atoms with E-state index in [9.17, 15) is 9.36 Å². The van der Waals surface area contributed by atoms with Gasteiger partial charge in [-0.15, -0.1) is 0 Å². The van der Waals surface area contributed by atoms with Crippen LogP contribution in [0.3, 0.4) is 0 Å². The molecule has 1 aromatic rings. The standard InChI is InChI=1S/C11H15O3P/c1-8(11(12)13)9-4-6-10(7-5-9)15(2,3)14/h4-8H,1-3H3,(H,12,13). The summed E-state index contributed by atoms with van der Waals surface area (Å²) in [6, 6.07) is 6.95. The number of carboxylic acids is 1. The maximum atomic E-state index is 11.7. The van der Waals surface area contributed by atoms with Crippen LogP contribution in [0.25, 0.3) is 0 Å². The molecule has 0 heterocycles. The second-order valence-electron chi connectivity index (χ2n) is 4.00. The van der Waals surface area contributed by atoms with Gasteiger partial charge in [-0.2, -0.15) is 0 Å². The van der Waals surface area contributed by atoms with E-state index in [0.29, 0.717) is 0 Å². The molecule has 3 nitrogen and oxygen atoms in total. The van der Waals surface area contributed by atoms with Gasteiger partial charge in [-0.05, 0) is 25.8 Å². The first-order valence-corrected chi connectivity index (χ1v) is 7.31. The maximum Gasteiger partial charge on any atom is 0.310 e. The van der Waals surface area contributed by atoms with Crippen LogP contribution in [0.5, 0.6) is 0 Å². The summed E-state index contributed by atoms with van der Waals surface area (Å²) in [4.78, 5) is 10.7. The van der Waals surface area contributed by atoms with Gasteiger partial charge in [-0.1, -0.05) is 24.3 Å². The van der Waals surface area contributed by atoms with Crippen molar-refractivity contribution >= 4 is 18.4 Å². The van der Waals surface area contributed by atoms with Gasteiger partial charge in [-0.3, -0.25) is 4.79 Å². The van der Waals surface area contributed by atoms with Gasteiger partial charge in [0.2, 0.25) is 0 Å². The van der Waals surface area contributed by atoms with Crippen LogP contribution in [0.2, 0.25) is 0 Å². The molecule has 0 fully saturated rings.